The lowest BCUT2D eigenvalue weighted by atomic mass is 10.0. The largest absolute Gasteiger partial charge is 0.462 e. The molecular formula is C19H21NO3. The fourth-order valence-electron chi connectivity index (χ4n) is 2.42. The lowest BCUT2D eigenvalue weighted by molar-refractivity contribution is -0.138. The van der Waals surface area contributed by atoms with Crippen molar-refractivity contribution in [1.29, 1.82) is 0 Å². The van der Waals surface area contributed by atoms with Gasteiger partial charge in [0.2, 0.25) is 0 Å². The number of allylic oxidation sites excluding steroid dienone is 2. The summed E-state index contributed by atoms with van der Waals surface area (Å²) in [5.74, 6) is 1.80. The van der Waals surface area contributed by atoms with Crippen LogP contribution < -0.4 is 0 Å². The highest BCUT2D eigenvalue weighted by molar-refractivity contribution is 5.96. The Hall–Kier alpha value is -2.58. The van der Waals surface area contributed by atoms with E-state index in [4.69, 9.17) is 4.74 Å². The zero-order valence-electron chi connectivity index (χ0n) is 13.7. The summed E-state index contributed by atoms with van der Waals surface area (Å²) < 4.78 is 5.00. The topological polar surface area (TPSA) is 46.6 Å². The highest BCUT2D eigenvalue weighted by Crippen LogP contribution is 2.23. The van der Waals surface area contributed by atoms with Crippen LogP contribution in [0.2, 0.25) is 0 Å². The van der Waals surface area contributed by atoms with E-state index in [1.165, 1.54) is 5.56 Å². The monoisotopic (exact) mass is 311 g/mol. The molecule has 0 fully saturated rings. The Morgan fingerprint density at radius 2 is 2.13 bits per heavy atom. The Morgan fingerprint density at radius 3 is 2.78 bits per heavy atom. The Balaban J connectivity index is 2.22. The molecule has 1 heterocycles. The molecule has 0 saturated heterocycles. The molecule has 1 aromatic rings. The van der Waals surface area contributed by atoms with Gasteiger partial charge in [-0.05, 0) is 36.1 Å². The van der Waals surface area contributed by atoms with E-state index in [9.17, 15) is 9.59 Å². The van der Waals surface area contributed by atoms with E-state index >= 15 is 0 Å². The zero-order valence-corrected chi connectivity index (χ0v) is 13.7. The molecule has 23 heavy (non-hydrogen) atoms. The van der Waals surface area contributed by atoms with Gasteiger partial charge in [0.15, 0.2) is 5.94 Å². The predicted molar refractivity (Wildman–Crippen MR) is 89.1 cm³/mol. The Kier molecular flexibility index (Phi) is 5.56. The summed E-state index contributed by atoms with van der Waals surface area (Å²) >= 11 is 0. The third-order valence-electron chi connectivity index (χ3n) is 3.63. The normalized spacial score (nSPS) is 13.8. The van der Waals surface area contributed by atoms with Gasteiger partial charge in [0.1, 0.15) is 5.70 Å². The standard InChI is InChI=1S/C19H21NO3/c1-4-23-19(22)17-9-6-10-20(18(17)13-21)12-15-7-5-8-16(11-15)14(2)3/h5-11,14H,4,12H2,1-3H3. The molecule has 2 rings (SSSR count). The van der Waals surface area contributed by atoms with Crippen LogP contribution in [0.1, 0.15) is 37.8 Å². The maximum atomic E-state index is 12.0. The molecule has 0 aromatic heterocycles. The second kappa shape index (κ2) is 7.61. The van der Waals surface area contributed by atoms with Gasteiger partial charge in [0, 0.05) is 12.7 Å². The van der Waals surface area contributed by atoms with Gasteiger partial charge in [-0.3, -0.25) is 0 Å². The summed E-state index contributed by atoms with van der Waals surface area (Å²) in [7, 11) is 0. The van der Waals surface area contributed by atoms with Crippen molar-refractivity contribution in [2.75, 3.05) is 6.61 Å². The average Bonchev–Trinajstić information content (AvgIpc) is 2.55. The second-order valence-corrected chi connectivity index (χ2v) is 5.62. The Labute approximate surface area is 136 Å². The summed E-state index contributed by atoms with van der Waals surface area (Å²) in [6.45, 7) is 6.77. The molecule has 1 aromatic carbocycles. The fraction of sp³-hybridized carbons (Fsp3) is 0.316. The third-order valence-corrected chi connectivity index (χ3v) is 3.63. The number of rotatable bonds is 5. The minimum atomic E-state index is -0.504. The number of nitrogens with zero attached hydrogens (tertiary/aromatic N) is 1. The van der Waals surface area contributed by atoms with Gasteiger partial charge in [0.25, 0.3) is 0 Å². The minimum Gasteiger partial charge on any atom is -0.462 e. The van der Waals surface area contributed by atoms with E-state index in [1.807, 2.05) is 18.1 Å². The molecular weight excluding hydrogens is 290 g/mol. The van der Waals surface area contributed by atoms with Crippen LogP contribution in [0, 0.1) is 0 Å². The van der Waals surface area contributed by atoms with Crippen LogP contribution in [0.4, 0.5) is 0 Å². The first-order chi connectivity index (χ1) is 11.1. The molecule has 120 valence electrons. The maximum Gasteiger partial charge on any atom is 0.341 e. The molecule has 4 heteroatoms. The van der Waals surface area contributed by atoms with Gasteiger partial charge in [-0.1, -0.05) is 38.1 Å². The SMILES string of the molecule is CCOC(=O)C1=CC=CN(Cc2cccc(C(C)C)c2)C1=C=O. The van der Waals surface area contributed by atoms with Crippen LogP contribution in [0.5, 0.6) is 0 Å². The van der Waals surface area contributed by atoms with E-state index in [2.05, 4.69) is 26.0 Å². The fourth-order valence-corrected chi connectivity index (χ4v) is 2.42. The molecule has 0 saturated carbocycles. The average molecular weight is 311 g/mol. The second-order valence-electron chi connectivity index (χ2n) is 5.62. The number of esters is 1. The van der Waals surface area contributed by atoms with Crippen molar-refractivity contribution in [2.45, 2.75) is 33.2 Å². The summed E-state index contributed by atoms with van der Waals surface area (Å²) in [5, 5.41) is 0. The third kappa shape index (κ3) is 3.99. The Morgan fingerprint density at radius 1 is 1.35 bits per heavy atom. The van der Waals surface area contributed by atoms with Crippen molar-refractivity contribution < 1.29 is 14.3 Å². The first-order valence-electron chi connectivity index (χ1n) is 7.73. The quantitative estimate of drug-likeness (QED) is 0.618. The van der Waals surface area contributed by atoms with Gasteiger partial charge >= 0.3 is 5.97 Å². The molecule has 1 aliphatic heterocycles. The zero-order chi connectivity index (χ0) is 16.8. The smallest absolute Gasteiger partial charge is 0.341 e. The first kappa shape index (κ1) is 16.8. The number of hydrogen-bond acceptors (Lipinski definition) is 4. The molecule has 1 aliphatic rings. The molecule has 0 aliphatic carbocycles. The van der Waals surface area contributed by atoms with Gasteiger partial charge in [-0.15, -0.1) is 0 Å². The number of benzene rings is 1. The number of ether oxygens (including phenoxy) is 1. The van der Waals surface area contributed by atoms with Crippen LogP contribution in [0.25, 0.3) is 0 Å². The number of carbonyl (C=O) groups is 1. The molecule has 0 unspecified atom stereocenters. The van der Waals surface area contributed by atoms with Gasteiger partial charge in [0.05, 0.1) is 12.2 Å². The highest BCUT2D eigenvalue weighted by atomic mass is 16.5. The predicted octanol–water partition coefficient (Wildman–Crippen LogP) is 3.34. The van der Waals surface area contributed by atoms with Crippen molar-refractivity contribution in [1.82, 2.24) is 4.90 Å². The molecule has 0 amide bonds. The summed E-state index contributed by atoms with van der Waals surface area (Å²) in [6.07, 6.45) is 5.09. The van der Waals surface area contributed by atoms with Gasteiger partial charge in [-0.2, -0.15) is 0 Å². The van der Waals surface area contributed by atoms with E-state index in [0.717, 1.165) is 5.56 Å². The minimum absolute atomic E-state index is 0.209. The lowest BCUT2D eigenvalue weighted by Crippen LogP contribution is -2.24. The van der Waals surface area contributed by atoms with Crippen LogP contribution in [-0.2, 0) is 20.9 Å². The maximum absolute atomic E-state index is 12.0. The van der Waals surface area contributed by atoms with E-state index in [1.54, 1.807) is 30.2 Å². The lowest BCUT2D eigenvalue weighted by Gasteiger charge is -2.24. The summed E-state index contributed by atoms with van der Waals surface area (Å²) in [6, 6.07) is 8.21. The molecule has 0 spiro atoms. The summed E-state index contributed by atoms with van der Waals surface area (Å²) in [4.78, 5) is 25.0. The Bertz CT molecular complexity index is 694. The first-order valence-corrected chi connectivity index (χ1v) is 7.73. The number of hydrogen-bond donors (Lipinski definition) is 0. The van der Waals surface area contributed by atoms with E-state index in [-0.39, 0.29) is 17.9 Å². The molecule has 0 atom stereocenters. The van der Waals surface area contributed by atoms with Crippen LogP contribution in [0.15, 0.2) is 53.9 Å². The van der Waals surface area contributed by atoms with Crippen molar-refractivity contribution in [2.24, 2.45) is 0 Å². The molecule has 0 N–H and O–H groups in total. The number of carbonyl (C=O) groups excluding carboxylic acids is 2. The van der Waals surface area contributed by atoms with Crippen molar-refractivity contribution >= 4 is 11.9 Å². The van der Waals surface area contributed by atoms with Crippen molar-refractivity contribution in [3.05, 3.63) is 65.0 Å². The van der Waals surface area contributed by atoms with Crippen LogP contribution >= 0.6 is 0 Å². The summed E-state index contributed by atoms with van der Waals surface area (Å²) in [5.41, 5.74) is 2.75. The van der Waals surface area contributed by atoms with Crippen LogP contribution in [-0.4, -0.2) is 23.4 Å². The highest BCUT2D eigenvalue weighted by Gasteiger charge is 2.23. The van der Waals surface area contributed by atoms with Crippen molar-refractivity contribution in [3.8, 4) is 0 Å². The molecule has 0 bridgehead atoms. The van der Waals surface area contributed by atoms with E-state index < -0.39 is 5.97 Å². The molecule has 0 radical (unpaired) electrons. The van der Waals surface area contributed by atoms with Crippen LogP contribution in [0.3, 0.4) is 0 Å². The van der Waals surface area contributed by atoms with Gasteiger partial charge in [-0.25, -0.2) is 9.59 Å². The van der Waals surface area contributed by atoms with Crippen molar-refractivity contribution in [3.63, 3.8) is 0 Å². The van der Waals surface area contributed by atoms with E-state index in [0.29, 0.717) is 12.5 Å². The molecule has 4 nitrogen and oxygen atoms in total. The van der Waals surface area contributed by atoms with Gasteiger partial charge < -0.3 is 9.64 Å².